The molecular weight excluding hydrogens is 244 g/mol. The standard InChI is InChI=1S/C18H30N2/c1-5-17(19)18(15-8-6-7-14(4)11-15)20-10-9-16(12-20)13(2)3/h6-8,11,13,16-18H,5,9-10,12,19H2,1-4H3. The quantitative estimate of drug-likeness (QED) is 0.886. The van der Waals surface area contributed by atoms with Crippen LogP contribution in [0, 0.1) is 18.8 Å². The fourth-order valence-corrected chi connectivity index (χ4v) is 3.42. The molecule has 1 aliphatic heterocycles. The van der Waals surface area contributed by atoms with Crippen molar-refractivity contribution in [2.45, 2.75) is 52.6 Å². The van der Waals surface area contributed by atoms with Crippen molar-refractivity contribution in [1.82, 2.24) is 4.90 Å². The van der Waals surface area contributed by atoms with Gasteiger partial charge in [-0.25, -0.2) is 0 Å². The lowest BCUT2D eigenvalue weighted by molar-refractivity contribution is 0.195. The number of hydrogen-bond acceptors (Lipinski definition) is 2. The SMILES string of the molecule is CCC(N)C(c1cccc(C)c1)N1CCC(C(C)C)C1. The van der Waals surface area contributed by atoms with Gasteiger partial charge in [0.15, 0.2) is 0 Å². The molecular formula is C18H30N2. The Morgan fingerprint density at radius 3 is 2.65 bits per heavy atom. The number of aryl methyl sites for hydroxylation is 1. The topological polar surface area (TPSA) is 29.3 Å². The highest BCUT2D eigenvalue weighted by Crippen LogP contribution is 2.33. The molecule has 0 radical (unpaired) electrons. The first kappa shape index (κ1) is 15.5. The van der Waals surface area contributed by atoms with Crippen LogP contribution >= 0.6 is 0 Å². The molecule has 20 heavy (non-hydrogen) atoms. The number of hydrogen-bond donors (Lipinski definition) is 1. The number of nitrogens with zero attached hydrogens (tertiary/aromatic N) is 1. The normalized spacial score (nSPS) is 23.2. The Bertz CT molecular complexity index is 427. The summed E-state index contributed by atoms with van der Waals surface area (Å²) in [6.45, 7) is 11.4. The van der Waals surface area contributed by atoms with Gasteiger partial charge in [-0.2, -0.15) is 0 Å². The summed E-state index contributed by atoms with van der Waals surface area (Å²) in [7, 11) is 0. The Hall–Kier alpha value is -0.860. The number of rotatable bonds is 5. The van der Waals surface area contributed by atoms with Crippen LogP contribution in [0.3, 0.4) is 0 Å². The van der Waals surface area contributed by atoms with E-state index in [1.54, 1.807) is 0 Å². The van der Waals surface area contributed by atoms with Crippen molar-refractivity contribution < 1.29 is 0 Å². The van der Waals surface area contributed by atoms with Crippen LogP contribution in [0.1, 0.15) is 50.8 Å². The second-order valence-corrected chi connectivity index (χ2v) is 6.72. The molecule has 2 N–H and O–H groups in total. The predicted molar refractivity (Wildman–Crippen MR) is 86.7 cm³/mol. The fraction of sp³-hybridized carbons (Fsp3) is 0.667. The molecule has 1 saturated heterocycles. The van der Waals surface area contributed by atoms with Crippen molar-refractivity contribution >= 4 is 0 Å². The average molecular weight is 274 g/mol. The van der Waals surface area contributed by atoms with Gasteiger partial charge in [0.2, 0.25) is 0 Å². The first-order valence-electron chi connectivity index (χ1n) is 8.09. The maximum Gasteiger partial charge on any atom is 0.0499 e. The van der Waals surface area contributed by atoms with E-state index >= 15 is 0 Å². The molecule has 2 nitrogen and oxygen atoms in total. The molecule has 1 heterocycles. The van der Waals surface area contributed by atoms with Crippen molar-refractivity contribution in [1.29, 1.82) is 0 Å². The van der Waals surface area contributed by atoms with Crippen LogP contribution in [0.4, 0.5) is 0 Å². The Morgan fingerprint density at radius 2 is 2.10 bits per heavy atom. The molecule has 0 amide bonds. The molecule has 0 aliphatic carbocycles. The van der Waals surface area contributed by atoms with E-state index in [-0.39, 0.29) is 6.04 Å². The molecule has 0 bridgehead atoms. The molecule has 112 valence electrons. The largest absolute Gasteiger partial charge is 0.326 e. The highest BCUT2D eigenvalue weighted by molar-refractivity contribution is 5.26. The lowest BCUT2D eigenvalue weighted by Gasteiger charge is -2.33. The minimum atomic E-state index is 0.225. The van der Waals surface area contributed by atoms with Crippen molar-refractivity contribution in [2.24, 2.45) is 17.6 Å². The Balaban J connectivity index is 2.21. The minimum absolute atomic E-state index is 0.225. The van der Waals surface area contributed by atoms with E-state index in [4.69, 9.17) is 5.73 Å². The van der Waals surface area contributed by atoms with Crippen LogP contribution in [0.15, 0.2) is 24.3 Å². The lowest BCUT2D eigenvalue weighted by atomic mass is 9.94. The van der Waals surface area contributed by atoms with Gasteiger partial charge in [0.1, 0.15) is 0 Å². The molecule has 1 aromatic carbocycles. The zero-order valence-corrected chi connectivity index (χ0v) is 13.5. The van der Waals surface area contributed by atoms with E-state index in [1.165, 1.54) is 30.6 Å². The zero-order valence-electron chi connectivity index (χ0n) is 13.5. The first-order valence-corrected chi connectivity index (χ1v) is 8.09. The van der Waals surface area contributed by atoms with E-state index in [2.05, 4.69) is 56.9 Å². The highest BCUT2D eigenvalue weighted by atomic mass is 15.2. The number of benzene rings is 1. The zero-order chi connectivity index (χ0) is 14.7. The van der Waals surface area contributed by atoms with Crippen LogP contribution in [0.2, 0.25) is 0 Å². The first-order chi connectivity index (χ1) is 9.52. The average Bonchev–Trinajstić information content (AvgIpc) is 2.88. The molecule has 1 aliphatic rings. The summed E-state index contributed by atoms with van der Waals surface area (Å²) in [5.41, 5.74) is 9.18. The van der Waals surface area contributed by atoms with E-state index in [9.17, 15) is 0 Å². The summed E-state index contributed by atoms with van der Waals surface area (Å²) < 4.78 is 0. The van der Waals surface area contributed by atoms with Crippen molar-refractivity contribution in [3.63, 3.8) is 0 Å². The van der Waals surface area contributed by atoms with Crippen LogP contribution in [-0.2, 0) is 0 Å². The summed E-state index contributed by atoms with van der Waals surface area (Å²) in [6, 6.07) is 9.49. The fourth-order valence-electron chi connectivity index (χ4n) is 3.42. The van der Waals surface area contributed by atoms with Gasteiger partial charge < -0.3 is 5.73 Å². The van der Waals surface area contributed by atoms with Gasteiger partial charge in [0, 0.05) is 18.6 Å². The Labute approximate surface area is 124 Å². The van der Waals surface area contributed by atoms with Crippen LogP contribution < -0.4 is 5.73 Å². The monoisotopic (exact) mass is 274 g/mol. The molecule has 3 atom stereocenters. The molecule has 0 saturated carbocycles. The van der Waals surface area contributed by atoms with E-state index in [1.807, 2.05) is 0 Å². The van der Waals surface area contributed by atoms with Gasteiger partial charge in [-0.3, -0.25) is 4.90 Å². The van der Waals surface area contributed by atoms with Crippen LogP contribution in [0.25, 0.3) is 0 Å². The summed E-state index contributed by atoms with van der Waals surface area (Å²) >= 11 is 0. The molecule has 2 rings (SSSR count). The highest BCUT2D eigenvalue weighted by Gasteiger charge is 2.33. The molecule has 1 fully saturated rings. The van der Waals surface area contributed by atoms with E-state index < -0.39 is 0 Å². The summed E-state index contributed by atoms with van der Waals surface area (Å²) in [6.07, 6.45) is 2.35. The van der Waals surface area contributed by atoms with Gasteiger partial charge in [-0.05, 0) is 43.7 Å². The van der Waals surface area contributed by atoms with Crippen LogP contribution in [0.5, 0.6) is 0 Å². The minimum Gasteiger partial charge on any atom is -0.326 e. The number of likely N-dealkylation sites (tertiary alicyclic amines) is 1. The van der Waals surface area contributed by atoms with Gasteiger partial charge in [-0.1, -0.05) is 50.6 Å². The molecule has 1 aromatic rings. The van der Waals surface area contributed by atoms with Gasteiger partial charge in [0.25, 0.3) is 0 Å². The smallest absolute Gasteiger partial charge is 0.0499 e. The summed E-state index contributed by atoms with van der Waals surface area (Å²) in [5, 5.41) is 0. The lowest BCUT2D eigenvalue weighted by Crippen LogP contribution is -2.40. The van der Waals surface area contributed by atoms with Crippen molar-refractivity contribution in [3.05, 3.63) is 35.4 Å². The third-order valence-electron chi connectivity index (χ3n) is 4.85. The van der Waals surface area contributed by atoms with E-state index in [0.717, 1.165) is 18.3 Å². The predicted octanol–water partition coefficient (Wildman–Crippen LogP) is 3.75. The molecule has 0 aromatic heterocycles. The maximum atomic E-state index is 6.46. The Morgan fingerprint density at radius 1 is 1.35 bits per heavy atom. The molecule has 3 unspecified atom stereocenters. The van der Waals surface area contributed by atoms with Crippen molar-refractivity contribution in [2.75, 3.05) is 13.1 Å². The Kier molecular flexibility index (Phi) is 5.22. The molecule has 0 spiro atoms. The van der Waals surface area contributed by atoms with Crippen LogP contribution in [-0.4, -0.2) is 24.0 Å². The second-order valence-electron chi connectivity index (χ2n) is 6.72. The van der Waals surface area contributed by atoms with Gasteiger partial charge >= 0.3 is 0 Å². The molecule has 2 heteroatoms. The van der Waals surface area contributed by atoms with Gasteiger partial charge in [-0.15, -0.1) is 0 Å². The summed E-state index contributed by atoms with van der Waals surface area (Å²) in [4.78, 5) is 2.62. The number of nitrogens with two attached hydrogens (primary N) is 1. The summed E-state index contributed by atoms with van der Waals surface area (Å²) in [5.74, 6) is 1.60. The van der Waals surface area contributed by atoms with Gasteiger partial charge in [0.05, 0.1) is 0 Å². The second kappa shape index (κ2) is 6.73. The van der Waals surface area contributed by atoms with Crippen molar-refractivity contribution in [3.8, 4) is 0 Å². The van der Waals surface area contributed by atoms with E-state index in [0.29, 0.717) is 6.04 Å². The third kappa shape index (κ3) is 3.42. The maximum absolute atomic E-state index is 6.46. The third-order valence-corrected chi connectivity index (χ3v) is 4.85.